The first kappa shape index (κ1) is 8.61. The number of ether oxygens (including phenoxy) is 1. The summed E-state index contributed by atoms with van der Waals surface area (Å²) in [6.07, 6.45) is -3.43. The van der Waals surface area contributed by atoms with Crippen LogP contribution in [-0.4, -0.2) is 52.6 Å². The molecule has 1 rings (SSSR count). The molecule has 1 aliphatic heterocycles. The molecule has 0 bridgehead atoms. The summed E-state index contributed by atoms with van der Waals surface area (Å²) in [6.45, 7) is -0.635. The van der Waals surface area contributed by atoms with Crippen LogP contribution in [0.5, 0.6) is 0 Å². The fourth-order valence-electron chi connectivity index (χ4n) is 0.945. The van der Waals surface area contributed by atoms with Gasteiger partial charge in [0.25, 0.3) is 0 Å². The Kier molecular flexibility index (Phi) is 2.56. The van der Waals surface area contributed by atoms with Gasteiger partial charge in [0, 0.05) is 0 Å². The molecule has 1 fully saturated rings. The van der Waals surface area contributed by atoms with Crippen molar-refractivity contribution >= 4 is 5.78 Å². The Morgan fingerprint density at radius 1 is 1.73 bits per heavy atom. The van der Waals surface area contributed by atoms with Gasteiger partial charge in [-0.15, -0.1) is 0 Å². The Hall–Kier alpha value is -0.490. The lowest BCUT2D eigenvalue weighted by Crippen LogP contribution is -2.36. The number of Topliss-reactive ketones (excluding diaryl/α,β-unsaturated/α-hetero) is 1. The van der Waals surface area contributed by atoms with Crippen LogP contribution in [0.15, 0.2) is 0 Å². The Morgan fingerprint density at radius 2 is 2.36 bits per heavy atom. The molecular weight excluding hydrogens is 152 g/mol. The summed E-state index contributed by atoms with van der Waals surface area (Å²) in [5.41, 5.74) is 0. The van der Waals surface area contributed by atoms with Crippen LogP contribution in [0, 0.1) is 0 Å². The van der Waals surface area contributed by atoms with Crippen LogP contribution in [0.2, 0.25) is 0 Å². The highest BCUT2D eigenvalue weighted by Crippen LogP contribution is 2.12. The third-order valence-corrected chi connectivity index (χ3v) is 1.58. The number of hydrogen-bond acceptors (Lipinski definition) is 5. The molecule has 5 nitrogen and oxygen atoms in total. The van der Waals surface area contributed by atoms with Crippen molar-refractivity contribution in [3.05, 3.63) is 0 Å². The van der Waals surface area contributed by atoms with Gasteiger partial charge in [-0.1, -0.05) is 0 Å². The summed E-state index contributed by atoms with van der Waals surface area (Å²) < 4.78 is 4.72. The average Bonchev–Trinajstić information content (AvgIpc) is 2.32. The minimum absolute atomic E-state index is 0.0967. The molecular formula is C6H10O5. The van der Waals surface area contributed by atoms with Crippen molar-refractivity contribution in [2.75, 3.05) is 13.2 Å². The predicted octanol–water partition coefficient (Wildman–Crippen LogP) is -2.33. The molecule has 0 amide bonds. The quantitative estimate of drug-likeness (QED) is 0.424. The number of rotatable bonds is 2. The van der Waals surface area contributed by atoms with Crippen molar-refractivity contribution in [3.63, 3.8) is 0 Å². The van der Waals surface area contributed by atoms with Crippen LogP contribution >= 0.6 is 0 Å². The van der Waals surface area contributed by atoms with E-state index in [9.17, 15) is 4.79 Å². The highest BCUT2D eigenvalue weighted by atomic mass is 16.5. The van der Waals surface area contributed by atoms with E-state index in [4.69, 9.17) is 20.1 Å². The normalized spacial score (nSPS) is 34.3. The van der Waals surface area contributed by atoms with Crippen molar-refractivity contribution in [1.29, 1.82) is 0 Å². The van der Waals surface area contributed by atoms with E-state index in [1.54, 1.807) is 0 Å². The topological polar surface area (TPSA) is 87.0 Å². The van der Waals surface area contributed by atoms with Gasteiger partial charge in [-0.3, -0.25) is 4.79 Å². The lowest BCUT2D eigenvalue weighted by atomic mass is 10.1. The van der Waals surface area contributed by atoms with E-state index in [-0.39, 0.29) is 6.61 Å². The molecule has 3 unspecified atom stereocenters. The second kappa shape index (κ2) is 3.27. The molecule has 3 N–H and O–H groups in total. The zero-order chi connectivity index (χ0) is 8.43. The Morgan fingerprint density at radius 3 is 2.73 bits per heavy atom. The molecule has 0 aromatic rings. The standard InChI is InChI=1S/C6H10O5/c7-1-3(8)6-5(10)4(9)2-11-6/h3-4,6-9H,1-2H2. The molecule has 0 aliphatic carbocycles. The van der Waals surface area contributed by atoms with E-state index in [2.05, 4.69) is 0 Å². The summed E-state index contributed by atoms with van der Waals surface area (Å²) >= 11 is 0. The molecule has 0 aromatic heterocycles. The van der Waals surface area contributed by atoms with E-state index in [1.807, 2.05) is 0 Å². The zero-order valence-electron chi connectivity index (χ0n) is 5.80. The zero-order valence-corrected chi connectivity index (χ0v) is 5.80. The molecule has 1 heterocycles. The first-order chi connectivity index (χ1) is 5.16. The fraction of sp³-hybridized carbons (Fsp3) is 0.833. The van der Waals surface area contributed by atoms with Crippen molar-refractivity contribution < 1.29 is 24.9 Å². The predicted molar refractivity (Wildman–Crippen MR) is 33.8 cm³/mol. The van der Waals surface area contributed by atoms with Gasteiger partial charge in [0.15, 0.2) is 5.78 Å². The summed E-state index contributed by atoms with van der Waals surface area (Å²) in [7, 11) is 0. The van der Waals surface area contributed by atoms with Crippen molar-refractivity contribution in [2.45, 2.75) is 18.3 Å². The maximum Gasteiger partial charge on any atom is 0.195 e. The highest BCUT2D eigenvalue weighted by Gasteiger charge is 2.38. The number of hydrogen-bond donors (Lipinski definition) is 3. The van der Waals surface area contributed by atoms with Crippen molar-refractivity contribution in [3.8, 4) is 0 Å². The molecule has 0 spiro atoms. The molecule has 64 valence electrons. The van der Waals surface area contributed by atoms with Gasteiger partial charge in [0.1, 0.15) is 18.3 Å². The molecule has 11 heavy (non-hydrogen) atoms. The summed E-state index contributed by atoms with van der Waals surface area (Å²) in [5.74, 6) is -0.563. The summed E-state index contributed by atoms with van der Waals surface area (Å²) in [5, 5.41) is 26.2. The van der Waals surface area contributed by atoms with Gasteiger partial charge in [-0.25, -0.2) is 0 Å². The fourth-order valence-corrected chi connectivity index (χ4v) is 0.945. The van der Waals surface area contributed by atoms with Crippen LogP contribution in [0.3, 0.4) is 0 Å². The maximum absolute atomic E-state index is 10.9. The van der Waals surface area contributed by atoms with Gasteiger partial charge >= 0.3 is 0 Å². The van der Waals surface area contributed by atoms with E-state index in [1.165, 1.54) is 0 Å². The van der Waals surface area contributed by atoms with Crippen LogP contribution in [-0.2, 0) is 9.53 Å². The van der Waals surface area contributed by atoms with E-state index in [0.29, 0.717) is 0 Å². The highest BCUT2D eigenvalue weighted by molar-refractivity contribution is 5.89. The van der Waals surface area contributed by atoms with Gasteiger partial charge in [-0.05, 0) is 0 Å². The number of aliphatic hydroxyl groups excluding tert-OH is 3. The van der Waals surface area contributed by atoms with E-state index >= 15 is 0 Å². The van der Waals surface area contributed by atoms with Gasteiger partial charge in [-0.2, -0.15) is 0 Å². The van der Waals surface area contributed by atoms with E-state index < -0.39 is 30.7 Å². The van der Waals surface area contributed by atoms with Crippen LogP contribution in [0.25, 0.3) is 0 Å². The second-order valence-electron chi connectivity index (χ2n) is 2.42. The number of carbonyl (C=O) groups excluding carboxylic acids is 1. The lowest BCUT2D eigenvalue weighted by molar-refractivity contribution is -0.132. The van der Waals surface area contributed by atoms with Gasteiger partial charge in [0.2, 0.25) is 0 Å². The summed E-state index contributed by atoms with van der Waals surface area (Å²) in [6, 6.07) is 0. The second-order valence-corrected chi connectivity index (χ2v) is 2.42. The monoisotopic (exact) mass is 162 g/mol. The Bertz CT molecular complexity index is 157. The maximum atomic E-state index is 10.9. The van der Waals surface area contributed by atoms with Crippen molar-refractivity contribution in [1.82, 2.24) is 0 Å². The molecule has 3 atom stereocenters. The molecule has 1 saturated heterocycles. The van der Waals surface area contributed by atoms with E-state index in [0.717, 1.165) is 0 Å². The molecule has 0 radical (unpaired) electrons. The molecule has 1 aliphatic rings. The minimum atomic E-state index is -1.22. The summed E-state index contributed by atoms with van der Waals surface area (Å²) in [4.78, 5) is 10.9. The number of ketones is 1. The van der Waals surface area contributed by atoms with Crippen molar-refractivity contribution in [2.24, 2.45) is 0 Å². The minimum Gasteiger partial charge on any atom is -0.394 e. The molecule has 5 heteroatoms. The van der Waals surface area contributed by atoms with Gasteiger partial charge in [0.05, 0.1) is 13.2 Å². The lowest BCUT2D eigenvalue weighted by Gasteiger charge is -2.12. The molecule has 0 aromatic carbocycles. The number of aliphatic hydroxyl groups is 3. The largest absolute Gasteiger partial charge is 0.394 e. The third kappa shape index (κ3) is 1.57. The van der Waals surface area contributed by atoms with Gasteiger partial charge < -0.3 is 20.1 Å². The first-order valence-corrected chi connectivity index (χ1v) is 3.29. The van der Waals surface area contributed by atoms with Crippen LogP contribution < -0.4 is 0 Å². The Labute approximate surface area is 63.2 Å². The Balaban J connectivity index is 2.54. The molecule has 0 saturated carbocycles. The number of carbonyl (C=O) groups is 1. The first-order valence-electron chi connectivity index (χ1n) is 3.29. The third-order valence-electron chi connectivity index (χ3n) is 1.58. The smallest absolute Gasteiger partial charge is 0.195 e. The van der Waals surface area contributed by atoms with Crippen LogP contribution in [0.4, 0.5) is 0 Å². The average molecular weight is 162 g/mol. The van der Waals surface area contributed by atoms with Crippen LogP contribution in [0.1, 0.15) is 0 Å². The SMILES string of the molecule is O=C1C(O)COC1C(O)CO.